The summed E-state index contributed by atoms with van der Waals surface area (Å²) in [4.78, 5) is 25.8. The number of halogens is 1. The van der Waals surface area contributed by atoms with Crippen molar-refractivity contribution in [2.75, 3.05) is 20.2 Å². The zero-order valence-corrected chi connectivity index (χ0v) is 13.5. The van der Waals surface area contributed by atoms with E-state index in [1.165, 1.54) is 19.2 Å². The van der Waals surface area contributed by atoms with Gasteiger partial charge in [-0.05, 0) is 37.1 Å². The molecular weight excluding hydrogens is 299 g/mol. The van der Waals surface area contributed by atoms with E-state index in [9.17, 15) is 14.0 Å². The molecule has 2 atom stereocenters. The molecule has 2 rings (SSSR count). The summed E-state index contributed by atoms with van der Waals surface area (Å²) in [6, 6.07) is 5.32. The van der Waals surface area contributed by atoms with Crippen molar-refractivity contribution in [3.63, 3.8) is 0 Å². The van der Waals surface area contributed by atoms with E-state index in [0.717, 1.165) is 19.4 Å². The molecule has 1 aromatic carbocycles. The highest BCUT2D eigenvalue weighted by molar-refractivity contribution is 5.78. The molecule has 0 aliphatic carbocycles. The van der Waals surface area contributed by atoms with Gasteiger partial charge in [0.15, 0.2) is 0 Å². The summed E-state index contributed by atoms with van der Waals surface area (Å²) in [6.45, 7) is 3.12. The summed E-state index contributed by atoms with van der Waals surface area (Å²) in [7, 11) is 1.35. The van der Waals surface area contributed by atoms with Gasteiger partial charge in [0.25, 0.3) is 0 Å². The second-order valence-corrected chi connectivity index (χ2v) is 5.73. The van der Waals surface area contributed by atoms with Crippen LogP contribution in [0.2, 0.25) is 0 Å². The molecule has 0 bridgehead atoms. The Labute approximate surface area is 135 Å². The van der Waals surface area contributed by atoms with Crippen LogP contribution in [0, 0.1) is 5.82 Å². The first-order chi connectivity index (χ1) is 11.0. The Balaban J connectivity index is 2.16. The molecule has 1 heterocycles. The molecule has 0 radical (unpaired) electrons. The number of hydrogen-bond donors (Lipinski definition) is 1. The summed E-state index contributed by atoms with van der Waals surface area (Å²) in [6.07, 6.45) is 2.21. The van der Waals surface area contributed by atoms with Crippen LogP contribution in [0.4, 0.5) is 4.39 Å². The van der Waals surface area contributed by atoms with Crippen molar-refractivity contribution < 1.29 is 18.7 Å². The second kappa shape index (κ2) is 8.06. The summed E-state index contributed by atoms with van der Waals surface area (Å²) in [5.41, 5.74) is 0.695. The van der Waals surface area contributed by atoms with Gasteiger partial charge in [0.1, 0.15) is 11.9 Å². The Kier molecular flexibility index (Phi) is 6.10. The number of piperidine rings is 1. The Morgan fingerprint density at radius 3 is 2.70 bits per heavy atom. The first-order valence-electron chi connectivity index (χ1n) is 7.91. The number of nitrogens with zero attached hydrogens (tertiary/aromatic N) is 1. The van der Waals surface area contributed by atoms with Gasteiger partial charge < -0.3 is 10.1 Å². The lowest BCUT2D eigenvalue weighted by Gasteiger charge is -2.37. The number of nitrogens with one attached hydrogen (secondary N) is 1. The molecule has 1 saturated heterocycles. The lowest BCUT2D eigenvalue weighted by molar-refractivity contribution is -0.148. The Morgan fingerprint density at radius 1 is 1.39 bits per heavy atom. The molecule has 5 nitrogen and oxygen atoms in total. The van der Waals surface area contributed by atoms with Crippen LogP contribution in [0.15, 0.2) is 24.3 Å². The van der Waals surface area contributed by atoms with Gasteiger partial charge >= 0.3 is 5.97 Å². The average Bonchev–Trinajstić information content (AvgIpc) is 2.57. The van der Waals surface area contributed by atoms with E-state index in [1.807, 2.05) is 11.8 Å². The number of benzene rings is 1. The fourth-order valence-corrected chi connectivity index (χ4v) is 2.94. The summed E-state index contributed by atoms with van der Waals surface area (Å²) < 4.78 is 18.1. The predicted molar refractivity (Wildman–Crippen MR) is 84.2 cm³/mol. The van der Waals surface area contributed by atoms with Crippen LogP contribution in [-0.4, -0.2) is 43.0 Å². The van der Waals surface area contributed by atoms with Crippen molar-refractivity contribution in [1.29, 1.82) is 0 Å². The quantitative estimate of drug-likeness (QED) is 0.843. The highest BCUT2D eigenvalue weighted by Crippen LogP contribution is 2.26. The molecule has 0 spiro atoms. The predicted octanol–water partition coefficient (Wildman–Crippen LogP) is 2.03. The smallest absolute Gasteiger partial charge is 0.327 e. The molecule has 1 N–H and O–H groups in total. The SMILES string of the molecule is CCC(=O)N[C@H]1CCCN([C@H](C(=O)OC)c2ccc(F)cc2)C1. The van der Waals surface area contributed by atoms with Crippen LogP contribution in [-0.2, 0) is 14.3 Å². The third-order valence-electron chi connectivity index (χ3n) is 4.11. The number of methoxy groups -OCH3 is 1. The van der Waals surface area contributed by atoms with Gasteiger partial charge in [0, 0.05) is 19.0 Å². The van der Waals surface area contributed by atoms with Crippen molar-refractivity contribution in [3.05, 3.63) is 35.6 Å². The maximum absolute atomic E-state index is 13.1. The van der Waals surface area contributed by atoms with Crippen LogP contribution in [0.3, 0.4) is 0 Å². The van der Waals surface area contributed by atoms with E-state index in [-0.39, 0.29) is 23.7 Å². The highest BCUT2D eigenvalue weighted by Gasteiger charge is 2.32. The van der Waals surface area contributed by atoms with Gasteiger partial charge in [-0.1, -0.05) is 19.1 Å². The highest BCUT2D eigenvalue weighted by atomic mass is 19.1. The third kappa shape index (κ3) is 4.51. The molecule has 0 aromatic heterocycles. The van der Waals surface area contributed by atoms with Crippen molar-refractivity contribution in [3.8, 4) is 0 Å². The molecular formula is C17H23FN2O3. The maximum atomic E-state index is 13.1. The summed E-state index contributed by atoms with van der Waals surface area (Å²) >= 11 is 0. The van der Waals surface area contributed by atoms with Crippen LogP contribution in [0.1, 0.15) is 37.8 Å². The molecule has 6 heteroatoms. The molecule has 1 aliphatic heterocycles. The Morgan fingerprint density at radius 2 is 2.09 bits per heavy atom. The zero-order valence-electron chi connectivity index (χ0n) is 13.5. The van der Waals surface area contributed by atoms with E-state index in [1.54, 1.807) is 12.1 Å². The topological polar surface area (TPSA) is 58.6 Å². The standard InChI is InChI=1S/C17H23FN2O3/c1-3-15(21)19-14-5-4-10-20(11-14)16(17(22)23-2)12-6-8-13(18)9-7-12/h6-9,14,16H,3-5,10-11H2,1-2H3,(H,19,21)/t14-,16-/m0/s1. The Hall–Kier alpha value is -1.95. The number of carbonyl (C=O) groups excluding carboxylic acids is 2. The van der Waals surface area contributed by atoms with Crippen molar-refractivity contribution in [2.24, 2.45) is 0 Å². The molecule has 1 fully saturated rings. The first-order valence-corrected chi connectivity index (χ1v) is 7.91. The average molecular weight is 322 g/mol. The lowest BCUT2D eigenvalue weighted by Crippen LogP contribution is -2.50. The molecule has 1 aliphatic rings. The van der Waals surface area contributed by atoms with Crippen LogP contribution in [0.5, 0.6) is 0 Å². The molecule has 1 amide bonds. The minimum absolute atomic E-state index is 0.00764. The number of carbonyl (C=O) groups is 2. The van der Waals surface area contributed by atoms with Gasteiger partial charge in [0.2, 0.25) is 5.91 Å². The number of amides is 1. The number of rotatable bonds is 5. The molecule has 126 valence electrons. The van der Waals surface area contributed by atoms with E-state index < -0.39 is 6.04 Å². The molecule has 0 saturated carbocycles. The Bertz CT molecular complexity index is 547. The normalized spacial score (nSPS) is 19.9. The summed E-state index contributed by atoms with van der Waals surface area (Å²) in [5.74, 6) is -0.712. The minimum atomic E-state index is -0.582. The first kappa shape index (κ1) is 17.4. The van der Waals surface area contributed by atoms with Gasteiger partial charge in [-0.25, -0.2) is 9.18 Å². The fraction of sp³-hybridized carbons (Fsp3) is 0.529. The van der Waals surface area contributed by atoms with Gasteiger partial charge in [-0.3, -0.25) is 9.69 Å². The number of hydrogen-bond acceptors (Lipinski definition) is 4. The van der Waals surface area contributed by atoms with Crippen molar-refractivity contribution in [1.82, 2.24) is 10.2 Å². The van der Waals surface area contributed by atoms with Gasteiger partial charge in [0.05, 0.1) is 7.11 Å². The molecule has 1 aromatic rings. The fourth-order valence-electron chi connectivity index (χ4n) is 2.94. The van der Waals surface area contributed by atoms with Crippen molar-refractivity contribution >= 4 is 11.9 Å². The van der Waals surface area contributed by atoms with E-state index >= 15 is 0 Å². The van der Waals surface area contributed by atoms with Gasteiger partial charge in [-0.2, -0.15) is 0 Å². The lowest BCUT2D eigenvalue weighted by atomic mass is 9.99. The maximum Gasteiger partial charge on any atom is 0.327 e. The zero-order chi connectivity index (χ0) is 16.8. The third-order valence-corrected chi connectivity index (χ3v) is 4.11. The second-order valence-electron chi connectivity index (χ2n) is 5.73. The largest absolute Gasteiger partial charge is 0.468 e. The minimum Gasteiger partial charge on any atom is -0.468 e. The number of esters is 1. The monoisotopic (exact) mass is 322 g/mol. The van der Waals surface area contributed by atoms with E-state index in [4.69, 9.17) is 4.74 Å². The van der Waals surface area contributed by atoms with Gasteiger partial charge in [-0.15, -0.1) is 0 Å². The number of ether oxygens (including phenoxy) is 1. The van der Waals surface area contributed by atoms with Crippen LogP contribution >= 0.6 is 0 Å². The van der Waals surface area contributed by atoms with Crippen molar-refractivity contribution in [2.45, 2.75) is 38.3 Å². The number of likely N-dealkylation sites (tertiary alicyclic amines) is 1. The molecule has 0 unspecified atom stereocenters. The van der Waals surface area contributed by atoms with Crippen LogP contribution in [0.25, 0.3) is 0 Å². The van der Waals surface area contributed by atoms with E-state index in [0.29, 0.717) is 18.5 Å². The van der Waals surface area contributed by atoms with Crippen LogP contribution < -0.4 is 5.32 Å². The van der Waals surface area contributed by atoms with E-state index in [2.05, 4.69) is 5.32 Å². The molecule has 23 heavy (non-hydrogen) atoms. The summed E-state index contributed by atoms with van der Waals surface area (Å²) in [5, 5.41) is 2.98.